The summed E-state index contributed by atoms with van der Waals surface area (Å²) >= 11 is 0. The topological polar surface area (TPSA) is 94.2 Å². The minimum atomic E-state index is -3.32. The molecule has 0 aliphatic carbocycles. The van der Waals surface area contributed by atoms with Gasteiger partial charge in [-0.05, 0) is 52.2 Å². The lowest BCUT2D eigenvalue weighted by molar-refractivity contribution is 0.0617. The first kappa shape index (κ1) is 23.3. The van der Waals surface area contributed by atoms with E-state index in [1.165, 1.54) is 0 Å². The number of nitrogens with one attached hydrogen (secondary N) is 1. The maximum Gasteiger partial charge on any atom is 0.254 e. The summed E-state index contributed by atoms with van der Waals surface area (Å²) in [6.07, 6.45) is 3.71. The standard InChI is InChI=1S/C20H32N2O6S/c1-5-26-17-12-15(13-18(27-6-2)19(17)28-7-3)20(23)22-11-9-8-10-16(22)14-21-29(4,24)25/h12-13,16,21H,5-11,14H2,1-4H3. The van der Waals surface area contributed by atoms with Crippen molar-refractivity contribution < 1.29 is 27.4 Å². The van der Waals surface area contributed by atoms with E-state index >= 15 is 0 Å². The molecule has 1 heterocycles. The Morgan fingerprint density at radius 1 is 1.07 bits per heavy atom. The van der Waals surface area contributed by atoms with Gasteiger partial charge in [-0.25, -0.2) is 13.1 Å². The van der Waals surface area contributed by atoms with Crippen molar-refractivity contribution in [3.8, 4) is 17.2 Å². The minimum Gasteiger partial charge on any atom is -0.490 e. The lowest BCUT2D eigenvalue weighted by Crippen LogP contribution is -2.49. The molecule has 9 heteroatoms. The van der Waals surface area contributed by atoms with Crippen LogP contribution in [0.15, 0.2) is 12.1 Å². The van der Waals surface area contributed by atoms with Crippen molar-refractivity contribution in [1.29, 1.82) is 0 Å². The maximum atomic E-state index is 13.3. The van der Waals surface area contributed by atoms with Crippen LogP contribution in [-0.2, 0) is 10.0 Å². The van der Waals surface area contributed by atoms with E-state index in [0.29, 0.717) is 49.2 Å². The van der Waals surface area contributed by atoms with Crippen molar-refractivity contribution in [2.24, 2.45) is 0 Å². The molecule has 1 atom stereocenters. The SMILES string of the molecule is CCOc1cc(C(=O)N2CCCCC2CNS(C)(=O)=O)cc(OCC)c1OCC. The molecule has 1 saturated heterocycles. The molecule has 1 amide bonds. The lowest BCUT2D eigenvalue weighted by Gasteiger charge is -2.36. The average molecular weight is 429 g/mol. The van der Waals surface area contributed by atoms with Gasteiger partial charge in [0.15, 0.2) is 11.5 Å². The van der Waals surface area contributed by atoms with Gasteiger partial charge in [-0.2, -0.15) is 0 Å². The van der Waals surface area contributed by atoms with Crippen LogP contribution in [0.1, 0.15) is 50.4 Å². The van der Waals surface area contributed by atoms with E-state index < -0.39 is 10.0 Å². The Morgan fingerprint density at radius 2 is 1.66 bits per heavy atom. The van der Waals surface area contributed by atoms with Crippen LogP contribution >= 0.6 is 0 Å². The predicted molar refractivity (Wildman–Crippen MR) is 111 cm³/mol. The molecule has 1 fully saturated rings. The van der Waals surface area contributed by atoms with E-state index in [9.17, 15) is 13.2 Å². The monoisotopic (exact) mass is 428 g/mol. The van der Waals surface area contributed by atoms with Gasteiger partial charge in [0, 0.05) is 24.7 Å². The summed E-state index contributed by atoms with van der Waals surface area (Å²) in [5, 5.41) is 0. The maximum absolute atomic E-state index is 13.3. The molecule has 1 aliphatic rings. The highest BCUT2D eigenvalue weighted by Gasteiger charge is 2.29. The highest BCUT2D eigenvalue weighted by molar-refractivity contribution is 7.88. The number of sulfonamides is 1. The van der Waals surface area contributed by atoms with Crippen molar-refractivity contribution in [3.05, 3.63) is 17.7 Å². The Bertz CT molecular complexity index is 769. The van der Waals surface area contributed by atoms with E-state index in [1.807, 2.05) is 20.8 Å². The second-order valence-electron chi connectivity index (χ2n) is 6.87. The van der Waals surface area contributed by atoms with Crippen molar-refractivity contribution >= 4 is 15.9 Å². The fourth-order valence-corrected chi connectivity index (χ4v) is 3.90. The Balaban J connectivity index is 2.35. The van der Waals surface area contributed by atoms with Gasteiger partial charge >= 0.3 is 0 Å². The number of carbonyl (C=O) groups excluding carboxylic acids is 1. The smallest absolute Gasteiger partial charge is 0.254 e. The summed E-state index contributed by atoms with van der Waals surface area (Å²) in [5.41, 5.74) is 0.437. The zero-order chi connectivity index (χ0) is 21.4. The molecular weight excluding hydrogens is 396 g/mol. The second-order valence-corrected chi connectivity index (χ2v) is 8.70. The number of nitrogens with zero attached hydrogens (tertiary/aromatic N) is 1. The van der Waals surface area contributed by atoms with E-state index in [4.69, 9.17) is 14.2 Å². The molecule has 0 radical (unpaired) electrons. The summed E-state index contributed by atoms with van der Waals surface area (Å²) < 4.78 is 42.6. The van der Waals surface area contributed by atoms with Gasteiger partial charge in [0.05, 0.1) is 26.1 Å². The van der Waals surface area contributed by atoms with E-state index in [1.54, 1.807) is 17.0 Å². The number of amides is 1. The molecule has 1 aromatic rings. The van der Waals surface area contributed by atoms with E-state index in [-0.39, 0.29) is 18.5 Å². The molecule has 0 saturated carbocycles. The van der Waals surface area contributed by atoms with Crippen LogP contribution in [0, 0.1) is 0 Å². The molecule has 1 aliphatic heterocycles. The summed E-state index contributed by atoms with van der Waals surface area (Å²) in [6, 6.07) is 3.16. The van der Waals surface area contributed by atoms with Crippen LogP contribution in [0.4, 0.5) is 0 Å². The van der Waals surface area contributed by atoms with Crippen LogP contribution in [0.5, 0.6) is 17.2 Å². The summed E-state index contributed by atoms with van der Waals surface area (Å²) in [6.45, 7) is 7.68. The Hall–Kier alpha value is -2.00. The zero-order valence-corrected chi connectivity index (χ0v) is 18.5. The number of likely N-dealkylation sites (tertiary alicyclic amines) is 1. The Kier molecular flexibility index (Phi) is 8.58. The molecule has 2 rings (SSSR count). The largest absolute Gasteiger partial charge is 0.490 e. The van der Waals surface area contributed by atoms with Crippen molar-refractivity contribution in [1.82, 2.24) is 9.62 Å². The fourth-order valence-electron chi connectivity index (χ4n) is 3.41. The molecule has 8 nitrogen and oxygen atoms in total. The third-order valence-electron chi connectivity index (χ3n) is 4.63. The predicted octanol–water partition coefficient (Wildman–Crippen LogP) is 2.43. The quantitative estimate of drug-likeness (QED) is 0.615. The number of rotatable bonds is 10. The first-order chi connectivity index (χ1) is 13.8. The third-order valence-corrected chi connectivity index (χ3v) is 5.32. The highest BCUT2D eigenvalue weighted by Crippen LogP contribution is 2.39. The van der Waals surface area contributed by atoms with Crippen molar-refractivity contribution in [2.75, 3.05) is 39.2 Å². The number of ether oxygens (including phenoxy) is 3. The average Bonchev–Trinajstić information content (AvgIpc) is 2.68. The third kappa shape index (κ3) is 6.50. The second kappa shape index (κ2) is 10.7. The Morgan fingerprint density at radius 3 is 2.17 bits per heavy atom. The van der Waals surface area contributed by atoms with Crippen molar-refractivity contribution in [3.63, 3.8) is 0 Å². The van der Waals surface area contributed by atoms with Crippen LogP contribution in [0.2, 0.25) is 0 Å². The number of hydrogen-bond donors (Lipinski definition) is 1. The van der Waals surface area contributed by atoms with Gasteiger partial charge in [-0.3, -0.25) is 4.79 Å². The number of hydrogen-bond acceptors (Lipinski definition) is 6. The molecule has 29 heavy (non-hydrogen) atoms. The van der Waals surface area contributed by atoms with Gasteiger partial charge in [-0.15, -0.1) is 0 Å². The summed E-state index contributed by atoms with van der Waals surface area (Å²) in [5.74, 6) is 1.24. The van der Waals surface area contributed by atoms with Crippen molar-refractivity contribution in [2.45, 2.75) is 46.1 Å². The molecular formula is C20H32N2O6S. The van der Waals surface area contributed by atoms with Gasteiger partial charge in [0.2, 0.25) is 15.8 Å². The molecule has 1 N–H and O–H groups in total. The van der Waals surface area contributed by atoms with Crippen LogP contribution in [-0.4, -0.2) is 64.4 Å². The van der Waals surface area contributed by atoms with E-state index in [0.717, 1.165) is 25.5 Å². The molecule has 0 spiro atoms. The molecule has 0 bridgehead atoms. The Labute approximate surface area is 173 Å². The summed E-state index contributed by atoms with van der Waals surface area (Å²) in [4.78, 5) is 15.1. The van der Waals surface area contributed by atoms with Crippen LogP contribution in [0.3, 0.4) is 0 Å². The minimum absolute atomic E-state index is 0.171. The van der Waals surface area contributed by atoms with Crippen LogP contribution in [0.25, 0.3) is 0 Å². The molecule has 0 aromatic heterocycles. The molecule has 1 unspecified atom stereocenters. The number of benzene rings is 1. The zero-order valence-electron chi connectivity index (χ0n) is 17.7. The van der Waals surface area contributed by atoms with Gasteiger partial charge in [0.1, 0.15) is 0 Å². The highest BCUT2D eigenvalue weighted by atomic mass is 32.2. The molecule has 164 valence electrons. The summed E-state index contributed by atoms with van der Waals surface area (Å²) in [7, 11) is -3.32. The first-order valence-corrected chi connectivity index (χ1v) is 12.0. The lowest BCUT2D eigenvalue weighted by atomic mass is 10.0. The number of carbonyl (C=O) groups is 1. The van der Waals surface area contributed by atoms with Gasteiger partial charge in [-0.1, -0.05) is 0 Å². The van der Waals surface area contributed by atoms with Gasteiger partial charge in [0.25, 0.3) is 5.91 Å². The normalized spacial score (nSPS) is 17.1. The van der Waals surface area contributed by atoms with Crippen LogP contribution < -0.4 is 18.9 Å². The van der Waals surface area contributed by atoms with Gasteiger partial charge < -0.3 is 19.1 Å². The fraction of sp³-hybridized carbons (Fsp3) is 0.650. The molecule has 1 aromatic carbocycles. The van der Waals surface area contributed by atoms with E-state index in [2.05, 4.69) is 4.72 Å². The number of piperidine rings is 1. The first-order valence-electron chi connectivity index (χ1n) is 10.1.